The summed E-state index contributed by atoms with van der Waals surface area (Å²) < 4.78 is 44.5. The third-order valence-corrected chi connectivity index (χ3v) is 5.32. The minimum absolute atomic E-state index is 0.161. The van der Waals surface area contributed by atoms with Crippen molar-refractivity contribution in [3.05, 3.63) is 34.6 Å². The van der Waals surface area contributed by atoms with E-state index in [9.17, 15) is 12.8 Å². The normalized spacial score (nSPS) is 17.4. The molecule has 1 aliphatic rings. The molecule has 2 rings (SSSR count). The van der Waals surface area contributed by atoms with Crippen molar-refractivity contribution in [2.45, 2.75) is 12.7 Å². The minimum Gasteiger partial charge on any atom is -0.371 e. The predicted molar refractivity (Wildman–Crippen MR) is 74.2 cm³/mol. The van der Waals surface area contributed by atoms with Crippen LogP contribution in [0.1, 0.15) is 5.56 Å². The fourth-order valence-corrected chi connectivity index (χ4v) is 3.16. The molecular weight excluding hydrogens is 307 g/mol. The van der Waals surface area contributed by atoms with Gasteiger partial charge in [-0.2, -0.15) is 17.0 Å². The molecule has 0 unspecified atom stereocenters. The van der Waals surface area contributed by atoms with Crippen LogP contribution in [0.2, 0.25) is 5.02 Å². The quantitative estimate of drug-likeness (QED) is 0.825. The zero-order valence-corrected chi connectivity index (χ0v) is 12.8. The molecule has 1 aromatic rings. The second kappa shape index (κ2) is 5.95. The molecule has 5 nitrogen and oxygen atoms in total. The van der Waals surface area contributed by atoms with Gasteiger partial charge >= 0.3 is 0 Å². The Morgan fingerprint density at radius 3 is 2.65 bits per heavy atom. The Balaban J connectivity index is 1.84. The van der Waals surface area contributed by atoms with Gasteiger partial charge in [0.1, 0.15) is 5.82 Å². The number of halogens is 2. The predicted octanol–water partition coefficient (Wildman–Crippen LogP) is 1.49. The van der Waals surface area contributed by atoms with E-state index in [-0.39, 0.29) is 12.7 Å². The van der Waals surface area contributed by atoms with Crippen molar-refractivity contribution in [3.63, 3.8) is 0 Å². The van der Waals surface area contributed by atoms with Gasteiger partial charge in [-0.25, -0.2) is 4.39 Å². The van der Waals surface area contributed by atoms with Crippen LogP contribution in [0.15, 0.2) is 18.2 Å². The first-order valence-electron chi connectivity index (χ1n) is 6.04. The molecule has 0 aromatic heterocycles. The lowest BCUT2D eigenvalue weighted by atomic mass is 10.2. The molecule has 0 radical (unpaired) electrons. The molecule has 112 valence electrons. The van der Waals surface area contributed by atoms with Crippen LogP contribution in [0.5, 0.6) is 0 Å². The maximum atomic E-state index is 12.9. The Morgan fingerprint density at radius 2 is 2.10 bits per heavy atom. The molecule has 1 aliphatic heterocycles. The van der Waals surface area contributed by atoms with Crippen molar-refractivity contribution in [1.82, 2.24) is 8.61 Å². The smallest absolute Gasteiger partial charge is 0.281 e. The van der Waals surface area contributed by atoms with E-state index in [2.05, 4.69) is 0 Å². The molecular formula is C12H16ClFN2O3S. The first kappa shape index (κ1) is 15.7. The van der Waals surface area contributed by atoms with E-state index in [4.69, 9.17) is 16.3 Å². The Kier molecular flexibility index (Phi) is 4.66. The van der Waals surface area contributed by atoms with Crippen LogP contribution in [0.25, 0.3) is 0 Å². The molecule has 0 aliphatic carbocycles. The molecule has 1 aromatic carbocycles. The average Bonchev–Trinajstić information content (AvgIpc) is 2.29. The van der Waals surface area contributed by atoms with Crippen LogP contribution in [-0.2, 0) is 21.6 Å². The van der Waals surface area contributed by atoms with Gasteiger partial charge in [0.25, 0.3) is 10.2 Å². The van der Waals surface area contributed by atoms with Crippen LogP contribution in [0, 0.1) is 5.82 Å². The average molecular weight is 323 g/mol. The first-order valence-corrected chi connectivity index (χ1v) is 7.81. The Labute approximate surface area is 123 Å². The highest BCUT2D eigenvalue weighted by Gasteiger charge is 2.37. The molecule has 0 amide bonds. The lowest BCUT2D eigenvalue weighted by Crippen LogP contribution is -2.57. The van der Waals surface area contributed by atoms with Gasteiger partial charge in [0.15, 0.2) is 0 Å². The molecule has 1 heterocycles. The SMILES string of the molecule is CN(C)S(=O)(=O)N1CC(OCc2ccc(F)cc2Cl)C1. The van der Waals surface area contributed by atoms with Gasteiger partial charge in [0.2, 0.25) is 0 Å². The lowest BCUT2D eigenvalue weighted by molar-refractivity contribution is -0.0310. The maximum Gasteiger partial charge on any atom is 0.281 e. The van der Waals surface area contributed by atoms with Gasteiger partial charge in [-0.1, -0.05) is 17.7 Å². The van der Waals surface area contributed by atoms with Crippen LogP contribution in [0.3, 0.4) is 0 Å². The molecule has 1 fully saturated rings. The van der Waals surface area contributed by atoms with Gasteiger partial charge in [0.05, 0.1) is 12.7 Å². The van der Waals surface area contributed by atoms with E-state index in [0.717, 1.165) is 0 Å². The molecule has 0 saturated carbocycles. The highest BCUT2D eigenvalue weighted by Crippen LogP contribution is 2.22. The van der Waals surface area contributed by atoms with Gasteiger partial charge in [-0.15, -0.1) is 0 Å². The van der Waals surface area contributed by atoms with E-state index in [0.29, 0.717) is 23.7 Å². The highest BCUT2D eigenvalue weighted by atomic mass is 35.5. The van der Waals surface area contributed by atoms with Crippen molar-refractivity contribution < 1.29 is 17.5 Å². The van der Waals surface area contributed by atoms with Gasteiger partial charge < -0.3 is 4.74 Å². The van der Waals surface area contributed by atoms with Crippen molar-refractivity contribution in [3.8, 4) is 0 Å². The van der Waals surface area contributed by atoms with Crippen LogP contribution in [-0.4, -0.2) is 50.3 Å². The second-order valence-electron chi connectivity index (χ2n) is 4.78. The summed E-state index contributed by atoms with van der Waals surface area (Å²) in [6.45, 7) is 0.873. The number of rotatable bonds is 5. The number of benzene rings is 1. The largest absolute Gasteiger partial charge is 0.371 e. The molecule has 0 spiro atoms. The summed E-state index contributed by atoms with van der Waals surface area (Å²) in [7, 11) is -0.383. The van der Waals surface area contributed by atoms with Crippen molar-refractivity contribution in [2.75, 3.05) is 27.2 Å². The third-order valence-electron chi connectivity index (χ3n) is 3.09. The summed E-state index contributed by atoms with van der Waals surface area (Å²) in [6.07, 6.45) is -0.161. The summed E-state index contributed by atoms with van der Waals surface area (Å²) in [4.78, 5) is 0. The Hall–Kier alpha value is -0.730. The van der Waals surface area contributed by atoms with Gasteiger partial charge in [-0.3, -0.25) is 0 Å². The van der Waals surface area contributed by atoms with Gasteiger partial charge in [0, 0.05) is 32.2 Å². The third kappa shape index (κ3) is 3.29. The van der Waals surface area contributed by atoms with E-state index >= 15 is 0 Å². The first-order chi connectivity index (χ1) is 9.30. The molecule has 1 saturated heterocycles. The van der Waals surface area contributed by atoms with E-state index in [1.165, 1.54) is 34.8 Å². The number of hydrogen-bond donors (Lipinski definition) is 0. The topological polar surface area (TPSA) is 49.9 Å². The summed E-state index contributed by atoms with van der Waals surface area (Å²) >= 11 is 5.88. The zero-order chi connectivity index (χ0) is 14.9. The molecule has 8 heteroatoms. The maximum absolute atomic E-state index is 12.9. The number of ether oxygens (including phenoxy) is 1. The number of nitrogens with zero attached hydrogens (tertiary/aromatic N) is 2. The van der Waals surface area contributed by atoms with E-state index < -0.39 is 16.0 Å². The van der Waals surface area contributed by atoms with Crippen LogP contribution >= 0.6 is 11.6 Å². The molecule has 0 N–H and O–H groups in total. The Bertz CT molecular complexity index is 588. The van der Waals surface area contributed by atoms with Crippen LogP contribution < -0.4 is 0 Å². The second-order valence-corrected chi connectivity index (χ2v) is 7.33. The lowest BCUT2D eigenvalue weighted by Gasteiger charge is -2.38. The fraction of sp³-hybridized carbons (Fsp3) is 0.500. The summed E-state index contributed by atoms with van der Waals surface area (Å²) in [5.41, 5.74) is 0.682. The molecule has 0 atom stereocenters. The van der Waals surface area contributed by atoms with E-state index in [1.807, 2.05) is 0 Å². The molecule has 0 bridgehead atoms. The summed E-state index contributed by atoms with van der Waals surface area (Å²) in [5, 5.41) is 0.307. The fourth-order valence-electron chi connectivity index (χ4n) is 1.77. The zero-order valence-electron chi connectivity index (χ0n) is 11.2. The van der Waals surface area contributed by atoms with Crippen molar-refractivity contribution in [1.29, 1.82) is 0 Å². The van der Waals surface area contributed by atoms with Crippen molar-refractivity contribution in [2.24, 2.45) is 0 Å². The summed E-state index contributed by atoms with van der Waals surface area (Å²) in [5.74, 6) is -0.398. The van der Waals surface area contributed by atoms with Crippen LogP contribution in [0.4, 0.5) is 4.39 Å². The van der Waals surface area contributed by atoms with E-state index in [1.54, 1.807) is 6.07 Å². The number of hydrogen-bond acceptors (Lipinski definition) is 3. The Morgan fingerprint density at radius 1 is 1.45 bits per heavy atom. The van der Waals surface area contributed by atoms with Gasteiger partial charge in [-0.05, 0) is 17.7 Å². The van der Waals surface area contributed by atoms with Crippen molar-refractivity contribution >= 4 is 21.8 Å². The minimum atomic E-state index is -3.36. The summed E-state index contributed by atoms with van der Waals surface area (Å²) in [6, 6.07) is 4.10. The standard InChI is InChI=1S/C12H16ClFN2O3S/c1-15(2)20(17,18)16-6-11(7-16)19-8-9-3-4-10(14)5-12(9)13/h3-5,11H,6-8H2,1-2H3. The highest BCUT2D eigenvalue weighted by molar-refractivity contribution is 7.86. The molecule has 20 heavy (non-hydrogen) atoms. The monoisotopic (exact) mass is 322 g/mol.